The van der Waals surface area contributed by atoms with Gasteiger partial charge >= 0.3 is 5.97 Å². The van der Waals surface area contributed by atoms with E-state index < -0.39 is 0 Å². The van der Waals surface area contributed by atoms with Crippen LogP contribution in [0.2, 0.25) is 0 Å². The van der Waals surface area contributed by atoms with Gasteiger partial charge in [-0.25, -0.2) is 0 Å². The van der Waals surface area contributed by atoms with Crippen LogP contribution in [0, 0.1) is 17.3 Å². The standard InChI is InChI=1S/C17H31NO3/c1-6-21-16(20)14-8-7-9-18(12-14)15(19)10-13(2)11-17(3,4)5/h13-14H,6-12H2,1-5H3. The van der Waals surface area contributed by atoms with E-state index in [1.165, 1.54) is 0 Å². The third-order valence-electron chi connectivity index (χ3n) is 3.88. The number of esters is 1. The Morgan fingerprint density at radius 3 is 2.57 bits per heavy atom. The first kappa shape index (κ1) is 18.0. The van der Waals surface area contributed by atoms with Crippen LogP contribution in [-0.4, -0.2) is 36.5 Å². The molecule has 0 bridgehead atoms. The van der Waals surface area contributed by atoms with E-state index in [0.717, 1.165) is 25.8 Å². The van der Waals surface area contributed by atoms with Gasteiger partial charge in [-0.05, 0) is 37.5 Å². The second-order valence-corrected chi connectivity index (χ2v) is 7.51. The highest BCUT2D eigenvalue weighted by Crippen LogP contribution is 2.27. The summed E-state index contributed by atoms with van der Waals surface area (Å²) in [5.41, 5.74) is 0.245. The predicted octanol–water partition coefficient (Wildman–Crippen LogP) is 3.25. The largest absolute Gasteiger partial charge is 0.466 e. The van der Waals surface area contributed by atoms with Gasteiger partial charge in [0, 0.05) is 19.5 Å². The van der Waals surface area contributed by atoms with Crippen LogP contribution in [0.15, 0.2) is 0 Å². The summed E-state index contributed by atoms with van der Waals surface area (Å²) < 4.78 is 5.08. The number of ether oxygens (including phenoxy) is 1. The second-order valence-electron chi connectivity index (χ2n) is 7.51. The lowest BCUT2D eigenvalue weighted by Crippen LogP contribution is -2.43. The Balaban J connectivity index is 2.48. The molecule has 122 valence electrons. The second kappa shape index (κ2) is 7.81. The molecule has 4 nitrogen and oxygen atoms in total. The van der Waals surface area contributed by atoms with Gasteiger partial charge in [-0.15, -0.1) is 0 Å². The maximum atomic E-state index is 12.4. The molecule has 2 atom stereocenters. The Kier molecular flexibility index (Phi) is 6.69. The number of likely N-dealkylation sites (tertiary alicyclic amines) is 1. The van der Waals surface area contributed by atoms with E-state index in [4.69, 9.17) is 4.74 Å². The van der Waals surface area contributed by atoms with Gasteiger partial charge in [-0.3, -0.25) is 9.59 Å². The number of carbonyl (C=O) groups excluding carboxylic acids is 2. The average Bonchev–Trinajstić information content (AvgIpc) is 2.36. The average molecular weight is 297 g/mol. The van der Waals surface area contributed by atoms with E-state index in [-0.39, 0.29) is 23.2 Å². The van der Waals surface area contributed by atoms with Crippen molar-refractivity contribution in [2.45, 2.75) is 60.3 Å². The molecule has 0 aromatic rings. The van der Waals surface area contributed by atoms with Crippen LogP contribution in [0.5, 0.6) is 0 Å². The highest BCUT2D eigenvalue weighted by atomic mass is 16.5. The van der Waals surface area contributed by atoms with Crippen LogP contribution in [0.4, 0.5) is 0 Å². The van der Waals surface area contributed by atoms with Crippen LogP contribution in [0.3, 0.4) is 0 Å². The first-order valence-corrected chi connectivity index (χ1v) is 8.17. The first-order valence-electron chi connectivity index (χ1n) is 8.17. The summed E-state index contributed by atoms with van der Waals surface area (Å²) in [6.45, 7) is 12.3. The number of amides is 1. The summed E-state index contributed by atoms with van der Waals surface area (Å²) in [5, 5.41) is 0. The van der Waals surface area contributed by atoms with Crippen molar-refractivity contribution in [2.24, 2.45) is 17.3 Å². The molecule has 1 aliphatic rings. The maximum absolute atomic E-state index is 12.4. The summed E-state index contributed by atoms with van der Waals surface area (Å²) in [5.74, 6) is 0.263. The normalized spacial score (nSPS) is 21.0. The minimum absolute atomic E-state index is 0.138. The third-order valence-corrected chi connectivity index (χ3v) is 3.88. The monoisotopic (exact) mass is 297 g/mol. The van der Waals surface area contributed by atoms with Gasteiger partial charge in [0.25, 0.3) is 0 Å². The minimum Gasteiger partial charge on any atom is -0.466 e. The van der Waals surface area contributed by atoms with E-state index in [1.807, 2.05) is 11.8 Å². The summed E-state index contributed by atoms with van der Waals surface area (Å²) in [6.07, 6.45) is 3.34. The van der Waals surface area contributed by atoms with Gasteiger partial charge in [-0.1, -0.05) is 27.7 Å². The summed E-state index contributed by atoms with van der Waals surface area (Å²) >= 11 is 0. The van der Waals surface area contributed by atoms with Crippen LogP contribution in [0.1, 0.15) is 60.3 Å². The zero-order chi connectivity index (χ0) is 16.0. The molecule has 0 radical (unpaired) electrons. The molecule has 1 aliphatic heterocycles. The maximum Gasteiger partial charge on any atom is 0.310 e. The molecule has 1 amide bonds. The highest BCUT2D eigenvalue weighted by molar-refractivity contribution is 5.78. The fourth-order valence-electron chi connectivity index (χ4n) is 3.20. The number of carbonyl (C=O) groups is 2. The Bertz CT molecular complexity index is 360. The molecule has 21 heavy (non-hydrogen) atoms. The zero-order valence-corrected chi connectivity index (χ0v) is 14.3. The van der Waals surface area contributed by atoms with Gasteiger partial charge in [0.15, 0.2) is 0 Å². The number of hydrogen-bond acceptors (Lipinski definition) is 3. The van der Waals surface area contributed by atoms with Crippen LogP contribution >= 0.6 is 0 Å². The fraction of sp³-hybridized carbons (Fsp3) is 0.882. The summed E-state index contributed by atoms with van der Waals surface area (Å²) in [4.78, 5) is 26.1. The summed E-state index contributed by atoms with van der Waals surface area (Å²) in [7, 11) is 0. The molecular weight excluding hydrogens is 266 g/mol. The van der Waals surface area contributed by atoms with Crippen molar-refractivity contribution in [3.63, 3.8) is 0 Å². The molecular formula is C17H31NO3. The Labute approximate surface area is 129 Å². The summed E-state index contributed by atoms with van der Waals surface area (Å²) in [6, 6.07) is 0. The minimum atomic E-state index is -0.155. The van der Waals surface area contributed by atoms with Crippen LogP contribution in [0.25, 0.3) is 0 Å². The van der Waals surface area contributed by atoms with Gasteiger partial charge in [0.1, 0.15) is 0 Å². The lowest BCUT2D eigenvalue weighted by atomic mass is 9.84. The first-order chi connectivity index (χ1) is 9.73. The molecule has 0 spiro atoms. The Morgan fingerprint density at radius 2 is 2.00 bits per heavy atom. The van der Waals surface area contributed by atoms with Crippen molar-refractivity contribution >= 4 is 11.9 Å². The van der Waals surface area contributed by atoms with E-state index >= 15 is 0 Å². The van der Waals surface area contributed by atoms with E-state index in [9.17, 15) is 9.59 Å². The molecule has 1 saturated heterocycles. The predicted molar refractivity (Wildman–Crippen MR) is 83.8 cm³/mol. The Hall–Kier alpha value is -1.06. The number of hydrogen-bond donors (Lipinski definition) is 0. The molecule has 4 heteroatoms. The van der Waals surface area contributed by atoms with Crippen molar-refractivity contribution in [1.82, 2.24) is 4.90 Å². The molecule has 0 N–H and O–H groups in total. The number of piperidine rings is 1. The van der Waals surface area contributed by atoms with Crippen molar-refractivity contribution in [1.29, 1.82) is 0 Å². The van der Waals surface area contributed by atoms with Gasteiger partial charge in [0.2, 0.25) is 5.91 Å². The van der Waals surface area contributed by atoms with E-state index in [1.54, 1.807) is 0 Å². The lowest BCUT2D eigenvalue weighted by Gasteiger charge is -2.33. The van der Waals surface area contributed by atoms with Crippen molar-refractivity contribution in [3.05, 3.63) is 0 Å². The Morgan fingerprint density at radius 1 is 1.33 bits per heavy atom. The van der Waals surface area contributed by atoms with Crippen LogP contribution < -0.4 is 0 Å². The quantitative estimate of drug-likeness (QED) is 0.732. The molecule has 1 fully saturated rings. The molecule has 1 rings (SSSR count). The molecule has 0 aromatic heterocycles. The zero-order valence-electron chi connectivity index (χ0n) is 14.3. The molecule has 1 heterocycles. The smallest absolute Gasteiger partial charge is 0.310 e. The molecule has 0 aromatic carbocycles. The number of rotatable bonds is 5. The van der Waals surface area contributed by atoms with E-state index in [2.05, 4.69) is 27.7 Å². The van der Waals surface area contributed by atoms with Crippen molar-refractivity contribution in [3.8, 4) is 0 Å². The highest BCUT2D eigenvalue weighted by Gasteiger charge is 2.30. The molecule has 0 aliphatic carbocycles. The van der Waals surface area contributed by atoms with Crippen molar-refractivity contribution < 1.29 is 14.3 Å². The SMILES string of the molecule is CCOC(=O)C1CCCN(C(=O)CC(C)CC(C)(C)C)C1. The van der Waals surface area contributed by atoms with E-state index in [0.29, 0.717) is 25.5 Å². The fourth-order valence-corrected chi connectivity index (χ4v) is 3.20. The van der Waals surface area contributed by atoms with Crippen molar-refractivity contribution in [2.75, 3.05) is 19.7 Å². The third kappa shape index (κ3) is 6.49. The topological polar surface area (TPSA) is 46.6 Å². The molecule has 2 unspecified atom stereocenters. The van der Waals surface area contributed by atoms with Gasteiger partial charge < -0.3 is 9.64 Å². The van der Waals surface area contributed by atoms with Gasteiger partial charge in [-0.2, -0.15) is 0 Å². The molecule has 0 saturated carbocycles. The number of nitrogens with zero attached hydrogens (tertiary/aromatic N) is 1. The van der Waals surface area contributed by atoms with Crippen LogP contribution in [-0.2, 0) is 14.3 Å². The van der Waals surface area contributed by atoms with Gasteiger partial charge in [0.05, 0.1) is 12.5 Å². The lowest BCUT2D eigenvalue weighted by molar-refractivity contribution is -0.151.